The SMILES string of the molecule is NC(Cc1ccccc1)c1cc2ccccc2[nH]1. The number of hydrogen-bond acceptors (Lipinski definition) is 1. The lowest BCUT2D eigenvalue weighted by Gasteiger charge is -2.09. The van der Waals surface area contributed by atoms with Crippen molar-refractivity contribution in [2.45, 2.75) is 12.5 Å². The quantitative estimate of drug-likeness (QED) is 0.719. The van der Waals surface area contributed by atoms with Crippen molar-refractivity contribution in [2.24, 2.45) is 5.73 Å². The van der Waals surface area contributed by atoms with Crippen molar-refractivity contribution in [3.63, 3.8) is 0 Å². The van der Waals surface area contributed by atoms with E-state index in [0.717, 1.165) is 17.6 Å². The Kier molecular flexibility index (Phi) is 2.87. The first kappa shape index (κ1) is 11.1. The monoisotopic (exact) mass is 236 g/mol. The van der Waals surface area contributed by atoms with E-state index >= 15 is 0 Å². The number of aromatic nitrogens is 1. The Hall–Kier alpha value is -2.06. The Balaban J connectivity index is 1.86. The van der Waals surface area contributed by atoms with Crippen molar-refractivity contribution in [2.75, 3.05) is 0 Å². The van der Waals surface area contributed by atoms with E-state index in [1.54, 1.807) is 0 Å². The van der Waals surface area contributed by atoms with Crippen LogP contribution in [0.4, 0.5) is 0 Å². The van der Waals surface area contributed by atoms with Crippen LogP contribution in [0.3, 0.4) is 0 Å². The third kappa shape index (κ3) is 2.15. The van der Waals surface area contributed by atoms with Crippen LogP contribution in [0.5, 0.6) is 0 Å². The van der Waals surface area contributed by atoms with Crippen LogP contribution in [0, 0.1) is 0 Å². The number of nitrogens with one attached hydrogen (secondary N) is 1. The Morgan fingerprint density at radius 2 is 1.67 bits per heavy atom. The van der Waals surface area contributed by atoms with Gasteiger partial charge in [-0.25, -0.2) is 0 Å². The molecule has 0 aliphatic carbocycles. The van der Waals surface area contributed by atoms with E-state index in [1.807, 2.05) is 30.3 Å². The van der Waals surface area contributed by atoms with E-state index in [2.05, 4.69) is 35.3 Å². The zero-order chi connectivity index (χ0) is 12.4. The van der Waals surface area contributed by atoms with E-state index in [4.69, 9.17) is 5.73 Å². The summed E-state index contributed by atoms with van der Waals surface area (Å²) < 4.78 is 0. The molecule has 0 spiro atoms. The second kappa shape index (κ2) is 4.67. The minimum Gasteiger partial charge on any atom is -0.357 e. The van der Waals surface area contributed by atoms with Crippen molar-refractivity contribution < 1.29 is 0 Å². The summed E-state index contributed by atoms with van der Waals surface area (Å²) in [4.78, 5) is 3.39. The highest BCUT2D eigenvalue weighted by atomic mass is 14.8. The molecule has 0 fully saturated rings. The van der Waals surface area contributed by atoms with Gasteiger partial charge in [-0.05, 0) is 29.5 Å². The zero-order valence-corrected chi connectivity index (χ0v) is 10.1. The van der Waals surface area contributed by atoms with E-state index in [9.17, 15) is 0 Å². The Bertz CT molecular complexity index is 607. The second-order valence-electron chi connectivity index (χ2n) is 4.61. The van der Waals surface area contributed by atoms with Gasteiger partial charge in [0.1, 0.15) is 0 Å². The predicted molar refractivity (Wildman–Crippen MR) is 75.4 cm³/mol. The minimum atomic E-state index is 0.0137. The molecular formula is C16H16N2. The summed E-state index contributed by atoms with van der Waals surface area (Å²) in [5.74, 6) is 0. The van der Waals surface area contributed by atoms with Gasteiger partial charge in [-0.1, -0.05) is 48.5 Å². The molecule has 18 heavy (non-hydrogen) atoms. The fraction of sp³-hybridized carbons (Fsp3) is 0.125. The van der Waals surface area contributed by atoms with Gasteiger partial charge in [0.25, 0.3) is 0 Å². The molecule has 0 saturated carbocycles. The van der Waals surface area contributed by atoms with Crippen molar-refractivity contribution in [3.05, 3.63) is 71.9 Å². The molecule has 3 aromatic rings. The summed E-state index contributed by atoms with van der Waals surface area (Å²) in [6.07, 6.45) is 0.855. The lowest BCUT2D eigenvalue weighted by atomic mass is 10.0. The lowest BCUT2D eigenvalue weighted by molar-refractivity contribution is 0.704. The third-order valence-corrected chi connectivity index (χ3v) is 3.25. The molecule has 0 amide bonds. The molecular weight excluding hydrogens is 220 g/mol. The summed E-state index contributed by atoms with van der Waals surface area (Å²) >= 11 is 0. The van der Waals surface area contributed by atoms with Gasteiger partial charge in [0.15, 0.2) is 0 Å². The third-order valence-electron chi connectivity index (χ3n) is 3.25. The van der Waals surface area contributed by atoms with Crippen molar-refractivity contribution in [1.29, 1.82) is 0 Å². The van der Waals surface area contributed by atoms with Gasteiger partial charge in [-0.3, -0.25) is 0 Å². The number of aromatic amines is 1. The fourth-order valence-corrected chi connectivity index (χ4v) is 2.27. The van der Waals surface area contributed by atoms with Gasteiger partial charge in [-0.2, -0.15) is 0 Å². The minimum absolute atomic E-state index is 0.0137. The Morgan fingerprint density at radius 3 is 2.44 bits per heavy atom. The van der Waals surface area contributed by atoms with Crippen LogP contribution < -0.4 is 5.73 Å². The average Bonchev–Trinajstić information content (AvgIpc) is 2.84. The maximum absolute atomic E-state index is 6.26. The number of para-hydroxylation sites is 1. The average molecular weight is 236 g/mol. The Labute approximate surface area is 106 Å². The summed E-state index contributed by atoms with van der Waals surface area (Å²) in [6.45, 7) is 0. The first-order chi connectivity index (χ1) is 8.83. The molecule has 2 nitrogen and oxygen atoms in total. The van der Waals surface area contributed by atoms with E-state index in [0.29, 0.717) is 0 Å². The van der Waals surface area contributed by atoms with E-state index < -0.39 is 0 Å². The molecule has 1 unspecified atom stereocenters. The largest absolute Gasteiger partial charge is 0.357 e. The van der Waals surface area contributed by atoms with Gasteiger partial charge < -0.3 is 10.7 Å². The normalized spacial score (nSPS) is 12.7. The van der Waals surface area contributed by atoms with Gasteiger partial charge in [0, 0.05) is 17.3 Å². The summed E-state index contributed by atoms with van der Waals surface area (Å²) in [5, 5.41) is 1.22. The highest BCUT2D eigenvalue weighted by Crippen LogP contribution is 2.21. The van der Waals surface area contributed by atoms with Crippen molar-refractivity contribution in [1.82, 2.24) is 4.98 Å². The van der Waals surface area contributed by atoms with Crippen LogP contribution in [-0.4, -0.2) is 4.98 Å². The highest BCUT2D eigenvalue weighted by molar-refractivity contribution is 5.80. The zero-order valence-electron chi connectivity index (χ0n) is 10.1. The highest BCUT2D eigenvalue weighted by Gasteiger charge is 2.09. The number of fused-ring (bicyclic) bond motifs is 1. The summed E-state index contributed by atoms with van der Waals surface area (Å²) in [6, 6.07) is 20.8. The first-order valence-corrected chi connectivity index (χ1v) is 6.20. The predicted octanol–water partition coefficient (Wildman–Crippen LogP) is 3.41. The van der Waals surface area contributed by atoms with Gasteiger partial charge >= 0.3 is 0 Å². The van der Waals surface area contributed by atoms with E-state index in [-0.39, 0.29) is 6.04 Å². The van der Waals surface area contributed by atoms with Crippen LogP contribution in [0.2, 0.25) is 0 Å². The smallest absolute Gasteiger partial charge is 0.0489 e. The molecule has 1 heterocycles. The lowest BCUT2D eigenvalue weighted by Crippen LogP contribution is -2.13. The molecule has 3 rings (SSSR count). The van der Waals surface area contributed by atoms with E-state index in [1.165, 1.54) is 10.9 Å². The van der Waals surface area contributed by atoms with Crippen LogP contribution in [0.15, 0.2) is 60.7 Å². The van der Waals surface area contributed by atoms with Gasteiger partial charge in [-0.15, -0.1) is 0 Å². The molecule has 0 bridgehead atoms. The van der Waals surface area contributed by atoms with Crippen molar-refractivity contribution >= 4 is 10.9 Å². The standard InChI is InChI=1S/C16H16N2/c17-14(10-12-6-2-1-3-7-12)16-11-13-8-4-5-9-15(13)18-16/h1-9,11,14,18H,10,17H2. The topological polar surface area (TPSA) is 41.8 Å². The molecule has 1 aromatic heterocycles. The summed E-state index contributed by atoms with van der Waals surface area (Å²) in [7, 11) is 0. The first-order valence-electron chi connectivity index (χ1n) is 6.20. The number of H-pyrrole nitrogens is 1. The number of benzene rings is 2. The maximum Gasteiger partial charge on any atom is 0.0489 e. The molecule has 3 N–H and O–H groups in total. The molecule has 2 aromatic carbocycles. The maximum atomic E-state index is 6.26. The number of nitrogens with two attached hydrogens (primary N) is 1. The van der Waals surface area contributed by atoms with Crippen LogP contribution in [-0.2, 0) is 6.42 Å². The molecule has 90 valence electrons. The van der Waals surface area contributed by atoms with Crippen molar-refractivity contribution in [3.8, 4) is 0 Å². The molecule has 0 radical (unpaired) electrons. The van der Waals surface area contributed by atoms with Crippen LogP contribution in [0.25, 0.3) is 10.9 Å². The van der Waals surface area contributed by atoms with Gasteiger partial charge in [0.05, 0.1) is 0 Å². The van der Waals surface area contributed by atoms with Crippen LogP contribution >= 0.6 is 0 Å². The van der Waals surface area contributed by atoms with Gasteiger partial charge in [0.2, 0.25) is 0 Å². The molecule has 1 atom stereocenters. The number of rotatable bonds is 3. The molecule has 2 heteroatoms. The molecule has 0 aliphatic rings. The summed E-state index contributed by atoms with van der Waals surface area (Å²) in [5.41, 5.74) is 9.77. The molecule has 0 aliphatic heterocycles. The van der Waals surface area contributed by atoms with Crippen LogP contribution in [0.1, 0.15) is 17.3 Å². The number of hydrogen-bond donors (Lipinski definition) is 2. The fourth-order valence-electron chi connectivity index (χ4n) is 2.27. The second-order valence-corrected chi connectivity index (χ2v) is 4.61. The Morgan fingerprint density at radius 1 is 0.944 bits per heavy atom. The molecule has 0 saturated heterocycles.